The highest BCUT2D eigenvalue weighted by atomic mass is 16.5. The van der Waals surface area contributed by atoms with Crippen molar-refractivity contribution in [2.24, 2.45) is 5.73 Å². The number of ether oxygens (including phenoxy) is 1. The average molecular weight is 252 g/mol. The number of nitriles is 1. The van der Waals surface area contributed by atoms with Gasteiger partial charge in [0.1, 0.15) is 12.4 Å². The summed E-state index contributed by atoms with van der Waals surface area (Å²) in [5, 5.41) is 8.66. The van der Waals surface area contributed by atoms with Gasteiger partial charge in [0.15, 0.2) is 0 Å². The van der Waals surface area contributed by atoms with E-state index in [9.17, 15) is 0 Å². The highest BCUT2D eigenvalue weighted by molar-refractivity contribution is 5.28. The minimum Gasteiger partial charge on any atom is -0.489 e. The van der Waals surface area contributed by atoms with Gasteiger partial charge in [-0.1, -0.05) is 42.5 Å². The van der Waals surface area contributed by atoms with Crippen molar-refractivity contribution in [1.29, 1.82) is 5.26 Å². The van der Waals surface area contributed by atoms with E-state index in [0.29, 0.717) is 13.0 Å². The van der Waals surface area contributed by atoms with Gasteiger partial charge < -0.3 is 10.5 Å². The van der Waals surface area contributed by atoms with E-state index in [1.54, 1.807) is 0 Å². The van der Waals surface area contributed by atoms with Crippen molar-refractivity contribution < 1.29 is 4.74 Å². The largest absolute Gasteiger partial charge is 0.489 e. The SMILES string of the molecule is N#C[C@@H](N)Cc1ccc(OCc2ccccc2)cc1. The third-order valence-electron chi connectivity index (χ3n) is 2.79. The number of rotatable bonds is 5. The molecule has 1 atom stereocenters. The summed E-state index contributed by atoms with van der Waals surface area (Å²) in [6.45, 7) is 0.553. The van der Waals surface area contributed by atoms with E-state index in [0.717, 1.165) is 16.9 Å². The van der Waals surface area contributed by atoms with Crippen molar-refractivity contribution in [3.63, 3.8) is 0 Å². The molecule has 0 amide bonds. The lowest BCUT2D eigenvalue weighted by molar-refractivity contribution is 0.306. The van der Waals surface area contributed by atoms with Crippen LogP contribution >= 0.6 is 0 Å². The Labute approximate surface area is 113 Å². The van der Waals surface area contributed by atoms with Gasteiger partial charge in [-0.3, -0.25) is 0 Å². The monoisotopic (exact) mass is 252 g/mol. The molecular formula is C16H16N2O. The van der Waals surface area contributed by atoms with Crippen LogP contribution in [0.3, 0.4) is 0 Å². The minimum absolute atomic E-state index is 0.448. The van der Waals surface area contributed by atoms with E-state index in [4.69, 9.17) is 15.7 Å². The molecule has 0 aliphatic heterocycles. The standard InChI is InChI=1S/C16H16N2O/c17-11-15(18)10-13-6-8-16(9-7-13)19-12-14-4-2-1-3-5-14/h1-9,15H,10,12,18H2/t15-/m0/s1. The van der Waals surface area contributed by atoms with Gasteiger partial charge in [-0.2, -0.15) is 5.26 Å². The summed E-state index contributed by atoms with van der Waals surface area (Å²) < 4.78 is 5.68. The van der Waals surface area contributed by atoms with Crippen molar-refractivity contribution in [2.45, 2.75) is 19.1 Å². The first-order valence-corrected chi connectivity index (χ1v) is 6.19. The number of hydrogen-bond acceptors (Lipinski definition) is 3. The van der Waals surface area contributed by atoms with Gasteiger partial charge >= 0.3 is 0 Å². The average Bonchev–Trinajstić information content (AvgIpc) is 2.47. The zero-order valence-electron chi connectivity index (χ0n) is 10.6. The maximum atomic E-state index is 8.66. The van der Waals surface area contributed by atoms with Crippen LogP contribution in [0.15, 0.2) is 54.6 Å². The smallest absolute Gasteiger partial charge is 0.119 e. The lowest BCUT2D eigenvalue weighted by Crippen LogP contribution is -2.19. The molecule has 0 heterocycles. The van der Waals surface area contributed by atoms with Crippen LogP contribution in [0.2, 0.25) is 0 Å². The summed E-state index contributed by atoms with van der Waals surface area (Å²) in [4.78, 5) is 0. The van der Waals surface area contributed by atoms with E-state index in [1.165, 1.54) is 0 Å². The Balaban J connectivity index is 1.90. The molecular weight excluding hydrogens is 236 g/mol. The second-order valence-corrected chi connectivity index (χ2v) is 4.36. The molecule has 19 heavy (non-hydrogen) atoms. The normalized spacial score (nSPS) is 11.6. The fraction of sp³-hybridized carbons (Fsp3) is 0.188. The number of benzene rings is 2. The predicted molar refractivity (Wildman–Crippen MR) is 74.5 cm³/mol. The second kappa shape index (κ2) is 6.58. The summed E-state index contributed by atoms with van der Waals surface area (Å²) in [5.41, 5.74) is 7.77. The Morgan fingerprint density at radius 1 is 1.00 bits per heavy atom. The maximum absolute atomic E-state index is 8.66. The van der Waals surface area contributed by atoms with Crippen LogP contribution in [0.4, 0.5) is 0 Å². The molecule has 3 heteroatoms. The van der Waals surface area contributed by atoms with Crippen molar-refractivity contribution >= 4 is 0 Å². The van der Waals surface area contributed by atoms with E-state index < -0.39 is 6.04 Å². The van der Waals surface area contributed by atoms with E-state index >= 15 is 0 Å². The highest BCUT2D eigenvalue weighted by Crippen LogP contribution is 2.15. The van der Waals surface area contributed by atoms with Crippen LogP contribution in [-0.2, 0) is 13.0 Å². The summed E-state index contributed by atoms with van der Waals surface area (Å²) in [5.74, 6) is 0.818. The molecule has 0 saturated carbocycles. The molecule has 0 unspecified atom stereocenters. The molecule has 0 bridgehead atoms. The molecule has 0 saturated heterocycles. The lowest BCUT2D eigenvalue weighted by Gasteiger charge is -2.08. The molecule has 2 aromatic rings. The lowest BCUT2D eigenvalue weighted by atomic mass is 10.1. The third kappa shape index (κ3) is 4.13. The van der Waals surface area contributed by atoms with Crippen molar-refractivity contribution in [2.75, 3.05) is 0 Å². The molecule has 0 aromatic heterocycles. The predicted octanol–water partition coefficient (Wildman–Crippen LogP) is 2.66. The molecule has 3 nitrogen and oxygen atoms in total. The van der Waals surface area contributed by atoms with Crippen molar-refractivity contribution in [3.05, 3.63) is 65.7 Å². The Bertz CT molecular complexity index is 543. The molecule has 2 N–H and O–H groups in total. The Morgan fingerprint density at radius 3 is 2.32 bits per heavy atom. The molecule has 0 spiro atoms. The fourth-order valence-corrected chi connectivity index (χ4v) is 1.76. The van der Waals surface area contributed by atoms with Crippen LogP contribution in [0.1, 0.15) is 11.1 Å². The highest BCUT2D eigenvalue weighted by Gasteiger charge is 2.02. The van der Waals surface area contributed by atoms with Gasteiger partial charge in [0, 0.05) is 6.42 Å². The maximum Gasteiger partial charge on any atom is 0.119 e. The van der Waals surface area contributed by atoms with Crippen LogP contribution in [0.25, 0.3) is 0 Å². The zero-order valence-corrected chi connectivity index (χ0v) is 10.6. The quantitative estimate of drug-likeness (QED) is 0.890. The first-order valence-electron chi connectivity index (χ1n) is 6.19. The fourth-order valence-electron chi connectivity index (χ4n) is 1.76. The Hall–Kier alpha value is -2.31. The van der Waals surface area contributed by atoms with Crippen LogP contribution < -0.4 is 10.5 Å². The summed E-state index contributed by atoms with van der Waals surface area (Å²) in [6.07, 6.45) is 0.565. The van der Waals surface area contributed by atoms with Gasteiger partial charge in [0.25, 0.3) is 0 Å². The summed E-state index contributed by atoms with van der Waals surface area (Å²) >= 11 is 0. The minimum atomic E-state index is -0.448. The molecule has 2 aromatic carbocycles. The van der Waals surface area contributed by atoms with E-state index in [2.05, 4.69) is 0 Å². The third-order valence-corrected chi connectivity index (χ3v) is 2.79. The number of hydrogen-bond donors (Lipinski definition) is 1. The zero-order chi connectivity index (χ0) is 13.5. The molecule has 96 valence electrons. The number of nitrogens with two attached hydrogens (primary N) is 1. The molecule has 0 aliphatic carbocycles. The summed E-state index contributed by atoms with van der Waals surface area (Å²) in [6, 6.07) is 19.3. The molecule has 0 fully saturated rings. The van der Waals surface area contributed by atoms with Crippen LogP contribution in [-0.4, -0.2) is 6.04 Å². The second-order valence-electron chi connectivity index (χ2n) is 4.36. The van der Waals surface area contributed by atoms with Crippen LogP contribution in [0.5, 0.6) is 5.75 Å². The van der Waals surface area contributed by atoms with Crippen molar-refractivity contribution in [3.8, 4) is 11.8 Å². The van der Waals surface area contributed by atoms with Gasteiger partial charge in [0.05, 0.1) is 12.1 Å². The van der Waals surface area contributed by atoms with Gasteiger partial charge in [-0.05, 0) is 23.3 Å². The van der Waals surface area contributed by atoms with Gasteiger partial charge in [0.2, 0.25) is 0 Å². The molecule has 2 rings (SSSR count). The Kier molecular flexibility index (Phi) is 4.54. The Morgan fingerprint density at radius 2 is 1.68 bits per heavy atom. The first-order chi connectivity index (χ1) is 9.28. The molecule has 0 radical (unpaired) electrons. The van der Waals surface area contributed by atoms with Crippen LogP contribution in [0, 0.1) is 11.3 Å². The molecule has 0 aliphatic rings. The van der Waals surface area contributed by atoms with E-state index in [1.807, 2.05) is 60.7 Å². The van der Waals surface area contributed by atoms with Gasteiger partial charge in [-0.15, -0.1) is 0 Å². The van der Waals surface area contributed by atoms with Crippen molar-refractivity contribution in [1.82, 2.24) is 0 Å². The first kappa shape index (κ1) is 13.1. The summed E-state index contributed by atoms with van der Waals surface area (Å²) in [7, 11) is 0. The topological polar surface area (TPSA) is 59.0 Å². The van der Waals surface area contributed by atoms with E-state index in [-0.39, 0.29) is 0 Å². The van der Waals surface area contributed by atoms with Gasteiger partial charge in [-0.25, -0.2) is 0 Å². The number of nitrogens with zero attached hydrogens (tertiary/aromatic N) is 1.